The first-order valence-corrected chi connectivity index (χ1v) is 7.24. The Morgan fingerprint density at radius 1 is 1.39 bits per heavy atom. The average molecular weight is 334 g/mol. The molecule has 1 aromatic rings. The highest BCUT2D eigenvalue weighted by atomic mass is 79.9. The minimum Gasteiger partial charge on any atom is -0.462 e. The lowest BCUT2D eigenvalue weighted by molar-refractivity contribution is 0.0525. The molecule has 1 aromatic carbocycles. The Bertz CT molecular complexity index is 446. The molecule has 0 fully saturated rings. The van der Waals surface area contributed by atoms with E-state index in [1.807, 2.05) is 0 Å². The van der Waals surface area contributed by atoms with E-state index in [-0.39, 0.29) is 11.7 Å². The van der Waals surface area contributed by atoms with Gasteiger partial charge in [0.1, 0.15) is 0 Å². The van der Waals surface area contributed by atoms with Crippen molar-refractivity contribution in [3.05, 3.63) is 34.9 Å². The predicted octanol–water partition coefficient (Wildman–Crippen LogP) is 3.57. The number of ether oxygens (including phenoxy) is 1. The van der Waals surface area contributed by atoms with Crippen LogP contribution in [-0.4, -0.2) is 23.7 Å². The molecule has 0 atom stereocenters. The first-order chi connectivity index (χ1) is 8.63. The smallest absolute Gasteiger partial charge is 0.338 e. The Morgan fingerprint density at radius 3 is 2.67 bits per heavy atom. The summed E-state index contributed by atoms with van der Waals surface area (Å²) in [5, 5.41) is 0.613. The number of alkyl halides is 2. The zero-order valence-corrected chi connectivity index (χ0v) is 12.4. The summed E-state index contributed by atoms with van der Waals surface area (Å²) in [5.74, 6) is -0.217. The van der Waals surface area contributed by atoms with Gasteiger partial charge in [-0.15, -0.1) is 11.6 Å². The van der Waals surface area contributed by atoms with E-state index in [1.165, 1.54) is 0 Å². The van der Waals surface area contributed by atoms with Crippen molar-refractivity contribution in [2.45, 2.75) is 19.2 Å². The molecule has 98 valence electrons. The number of carbonyl (C=O) groups excluding carboxylic acids is 2. The zero-order chi connectivity index (χ0) is 13.5. The molecule has 0 amide bonds. The molecule has 18 heavy (non-hydrogen) atoms. The molecule has 0 aliphatic heterocycles. The standard InChI is InChI=1S/C13H14BrClO3/c1-2-18-13(17)11-4-3-9(7-10(11)8-15)12(16)5-6-14/h3-4,7H,2,5-6,8H2,1H3. The fraction of sp³-hybridized carbons (Fsp3) is 0.385. The second kappa shape index (κ2) is 7.54. The summed E-state index contributed by atoms with van der Waals surface area (Å²) in [6.45, 7) is 2.05. The van der Waals surface area contributed by atoms with Crippen LogP contribution in [0.1, 0.15) is 39.6 Å². The summed E-state index contributed by atoms with van der Waals surface area (Å²) >= 11 is 9.02. The van der Waals surface area contributed by atoms with E-state index in [0.29, 0.717) is 35.0 Å². The lowest BCUT2D eigenvalue weighted by atomic mass is 10.0. The third kappa shape index (κ3) is 3.82. The Morgan fingerprint density at radius 2 is 2.11 bits per heavy atom. The van der Waals surface area contributed by atoms with Crippen molar-refractivity contribution in [3.63, 3.8) is 0 Å². The maximum atomic E-state index is 11.7. The minimum absolute atomic E-state index is 0.0219. The summed E-state index contributed by atoms with van der Waals surface area (Å²) < 4.78 is 4.93. The quantitative estimate of drug-likeness (QED) is 0.454. The van der Waals surface area contributed by atoms with Gasteiger partial charge in [0.05, 0.1) is 12.2 Å². The highest BCUT2D eigenvalue weighted by Crippen LogP contribution is 2.17. The van der Waals surface area contributed by atoms with Gasteiger partial charge in [-0.2, -0.15) is 0 Å². The number of esters is 1. The number of hydrogen-bond donors (Lipinski definition) is 0. The van der Waals surface area contributed by atoms with Crippen molar-refractivity contribution < 1.29 is 14.3 Å². The van der Waals surface area contributed by atoms with Gasteiger partial charge in [0.25, 0.3) is 0 Å². The molecular weight excluding hydrogens is 319 g/mol. The van der Waals surface area contributed by atoms with E-state index in [1.54, 1.807) is 25.1 Å². The van der Waals surface area contributed by atoms with E-state index >= 15 is 0 Å². The fourth-order valence-corrected chi connectivity index (χ4v) is 2.10. The molecule has 0 radical (unpaired) electrons. The van der Waals surface area contributed by atoms with Crippen LogP contribution in [-0.2, 0) is 10.6 Å². The first kappa shape index (κ1) is 15.2. The van der Waals surface area contributed by atoms with Gasteiger partial charge >= 0.3 is 5.97 Å². The van der Waals surface area contributed by atoms with E-state index in [2.05, 4.69) is 15.9 Å². The number of halogens is 2. The van der Waals surface area contributed by atoms with Crippen LogP contribution < -0.4 is 0 Å². The third-order valence-corrected chi connectivity index (χ3v) is 3.07. The van der Waals surface area contributed by atoms with Crippen LogP contribution in [0.15, 0.2) is 18.2 Å². The highest BCUT2D eigenvalue weighted by Gasteiger charge is 2.14. The first-order valence-electron chi connectivity index (χ1n) is 5.59. The van der Waals surface area contributed by atoms with Gasteiger partial charge in [-0.05, 0) is 24.6 Å². The van der Waals surface area contributed by atoms with Crippen LogP contribution in [0.4, 0.5) is 0 Å². The maximum Gasteiger partial charge on any atom is 0.338 e. The van der Waals surface area contributed by atoms with Gasteiger partial charge in [0, 0.05) is 23.2 Å². The Balaban J connectivity index is 3.03. The molecule has 0 saturated carbocycles. The predicted molar refractivity (Wildman–Crippen MR) is 74.7 cm³/mol. The van der Waals surface area contributed by atoms with E-state index in [9.17, 15) is 9.59 Å². The van der Waals surface area contributed by atoms with Crippen molar-refractivity contribution in [2.75, 3.05) is 11.9 Å². The Hall–Kier alpha value is -0.870. The monoisotopic (exact) mass is 332 g/mol. The molecule has 0 unspecified atom stereocenters. The minimum atomic E-state index is -0.410. The van der Waals surface area contributed by atoms with Crippen LogP contribution in [0, 0.1) is 0 Å². The van der Waals surface area contributed by atoms with Crippen LogP contribution >= 0.6 is 27.5 Å². The van der Waals surface area contributed by atoms with Gasteiger partial charge in [-0.1, -0.05) is 22.0 Å². The van der Waals surface area contributed by atoms with Gasteiger partial charge in [-0.25, -0.2) is 4.79 Å². The molecule has 5 heteroatoms. The lowest BCUT2D eigenvalue weighted by Gasteiger charge is -2.08. The Kier molecular flexibility index (Phi) is 6.36. The Labute approximate surface area is 120 Å². The molecule has 0 aromatic heterocycles. The number of Topliss-reactive ketones (excluding diaryl/α,β-unsaturated/α-hetero) is 1. The molecule has 0 heterocycles. The molecule has 0 saturated heterocycles. The van der Waals surface area contributed by atoms with Crippen molar-refractivity contribution >= 4 is 39.3 Å². The van der Waals surface area contributed by atoms with Crippen molar-refractivity contribution in [1.29, 1.82) is 0 Å². The largest absolute Gasteiger partial charge is 0.462 e. The van der Waals surface area contributed by atoms with Crippen molar-refractivity contribution in [2.24, 2.45) is 0 Å². The fourth-order valence-electron chi connectivity index (χ4n) is 1.52. The summed E-state index contributed by atoms with van der Waals surface area (Å²) in [7, 11) is 0. The molecule has 0 N–H and O–H groups in total. The highest BCUT2D eigenvalue weighted by molar-refractivity contribution is 9.09. The number of carbonyl (C=O) groups is 2. The molecule has 1 rings (SSSR count). The van der Waals surface area contributed by atoms with Crippen LogP contribution in [0.25, 0.3) is 0 Å². The summed E-state index contributed by atoms with van der Waals surface area (Å²) in [6, 6.07) is 4.88. The van der Waals surface area contributed by atoms with Crippen molar-refractivity contribution in [1.82, 2.24) is 0 Å². The maximum absolute atomic E-state index is 11.7. The number of benzene rings is 1. The summed E-state index contributed by atoms with van der Waals surface area (Å²) in [5.41, 5.74) is 1.61. The number of hydrogen-bond acceptors (Lipinski definition) is 3. The lowest BCUT2D eigenvalue weighted by Crippen LogP contribution is -2.09. The average Bonchev–Trinajstić information content (AvgIpc) is 2.38. The number of ketones is 1. The summed E-state index contributed by atoms with van der Waals surface area (Å²) in [4.78, 5) is 23.4. The zero-order valence-electron chi connectivity index (χ0n) is 10.0. The molecule has 0 aliphatic carbocycles. The molecule has 0 bridgehead atoms. The second-order valence-corrected chi connectivity index (χ2v) is 4.65. The summed E-state index contributed by atoms with van der Waals surface area (Å²) in [6.07, 6.45) is 0.417. The van der Waals surface area contributed by atoms with Gasteiger partial charge < -0.3 is 4.74 Å². The van der Waals surface area contributed by atoms with E-state index in [0.717, 1.165) is 0 Å². The van der Waals surface area contributed by atoms with Crippen LogP contribution in [0.5, 0.6) is 0 Å². The van der Waals surface area contributed by atoms with Crippen molar-refractivity contribution in [3.8, 4) is 0 Å². The molecular formula is C13H14BrClO3. The SMILES string of the molecule is CCOC(=O)c1ccc(C(=O)CCBr)cc1CCl. The topological polar surface area (TPSA) is 43.4 Å². The van der Waals surface area contributed by atoms with E-state index < -0.39 is 5.97 Å². The molecule has 0 aliphatic rings. The van der Waals surface area contributed by atoms with Crippen LogP contribution in [0.2, 0.25) is 0 Å². The number of rotatable bonds is 6. The molecule has 0 spiro atoms. The second-order valence-electron chi connectivity index (χ2n) is 3.59. The third-order valence-electron chi connectivity index (χ3n) is 2.39. The molecule has 3 nitrogen and oxygen atoms in total. The van der Waals surface area contributed by atoms with Crippen LogP contribution in [0.3, 0.4) is 0 Å². The van der Waals surface area contributed by atoms with E-state index in [4.69, 9.17) is 16.3 Å². The normalized spacial score (nSPS) is 10.2. The van der Waals surface area contributed by atoms with Gasteiger partial charge in [0.15, 0.2) is 5.78 Å². The van der Waals surface area contributed by atoms with Gasteiger partial charge in [-0.3, -0.25) is 4.79 Å². The van der Waals surface area contributed by atoms with Gasteiger partial charge in [0.2, 0.25) is 0 Å².